The van der Waals surface area contributed by atoms with Crippen molar-refractivity contribution in [2.75, 3.05) is 6.61 Å². The van der Waals surface area contributed by atoms with Gasteiger partial charge in [-0.05, 0) is 24.6 Å². The van der Waals surface area contributed by atoms with Gasteiger partial charge in [-0.3, -0.25) is 9.89 Å². The SMILES string of the molecule is CC[C@H](CO)NC(=O)c1cc(COc2cccc(F)c2)[nH]n1. The van der Waals surface area contributed by atoms with E-state index in [4.69, 9.17) is 9.84 Å². The van der Waals surface area contributed by atoms with Gasteiger partial charge in [0.2, 0.25) is 0 Å². The highest BCUT2D eigenvalue weighted by molar-refractivity contribution is 5.92. The Kier molecular flexibility index (Phi) is 5.48. The summed E-state index contributed by atoms with van der Waals surface area (Å²) in [5.41, 5.74) is 0.802. The molecule has 1 aromatic heterocycles. The first-order valence-corrected chi connectivity index (χ1v) is 6.96. The molecule has 0 aliphatic carbocycles. The largest absolute Gasteiger partial charge is 0.487 e. The van der Waals surface area contributed by atoms with Crippen molar-refractivity contribution >= 4 is 5.91 Å². The second kappa shape index (κ2) is 7.56. The van der Waals surface area contributed by atoms with Crippen LogP contribution in [0.4, 0.5) is 4.39 Å². The molecule has 1 aromatic carbocycles. The van der Waals surface area contributed by atoms with Gasteiger partial charge in [-0.2, -0.15) is 5.10 Å². The van der Waals surface area contributed by atoms with Crippen LogP contribution in [-0.2, 0) is 6.61 Å². The number of hydrogen-bond acceptors (Lipinski definition) is 4. The molecule has 22 heavy (non-hydrogen) atoms. The van der Waals surface area contributed by atoms with Gasteiger partial charge in [0.25, 0.3) is 5.91 Å². The van der Waals surface area contributed by atoms with Crippen LogP contribution in [0.25, 0.3) is 0 Å². The summed E-state index contributed by atoms with van der Waals surface area (Å²) in [6, 6.07) is 7.06. The standard InChI is InChI=1S/C15H18FN3O3/c1-2-11(8-20)17-15(21)14-7-12(18-19-14)9-22-13-5-3-4-10(16)6-13/h3-7,11,20H,2,8-9H2,1H3,(H,17,21)(H,18,19)/t11-/m1/s1. The van der Waals surface area contributed by atoms with Crippen molar-refractivity contribution in [1.29, 1.82) is 0 Å². The van der Waals surface area contributed by atoms with Crippen LogP contribution >= 0.6 is 0 Å². The maximum Gasteiger partial charge on any atom is 0.272 e. The number of aromatic amines is 1. The number of nitrogens with zero attached hydrogens (tertiary/aromatic N) is 1. The van der Waals surface area contributed by atoms with Crippen molar-refractivity contribution in [2.24, 2.45) is 0 Å². The van der Waals surface area contributed by atoms with Gasteiger partial charge in [0.1, 0.15) is 23.9 Å². The third kappa shape index (κ3) is 4.29. The summed E-state index contributed by atoms with van der Waals surface area (Å²) in [7, 11) is 0. The molecular formula is C15H18FN3O3. The molecule has 3 N–H and O–H groups in total. The van der Waals surface area contributed by atoms with Crippen LogP contribution < -0.4 is 10.1 Å². The van der Waals surface area contributed by atoms with Crippen molar-refractivity contribution < 1.29 is 19.0 Å². The van der Waals surface area contributed by atoms with E-state index in [1.165, 1.54) is 12.1 Å². The van der Waals surface area contributed by atoms with Crippen molar-refractivity contribution in [3.63, 3.8) is 0 Å². The summed E-state index contributed by atoms with van der Waals surface area (Å²) in [6.45, 7) is 1.88. The van der Waals surface area contributed by atoms with E-state index in [0.29, 0.717) is 17.9 Å². The lowest BCUT2D eigenvalue weighted by Gasteiger charge is -2.12. The zero-order valence-electron chi connectivity index (χ0n) is 12.2. The second-order valence-corrected chi connectivity index (χ2v) is 4.79. The van der Waals surface area contributed by atoms with Crippen LogP contribution in [0.1, 0.15) is 29.5 Å². The summed E-state index contributed by atoms with van der Waals surface area (Å²) in [6.07, 6.45) is 0.627. The third-order valence-corrected chi connectivity index (χ3v) is 3.10. The molecule has 2 rings (SSSR count). The summed E-state index contributed by atoms with van der Waals surface area (Å²) in [5.74, 6) is -0.349. The molecule has 0 bridgehead atoms. The van der Waals surface area contributed by atoms with Crippen LogP contribution in [0, 0.1) is 5.82 Å². The lowest BCUT2D eigenvalue weighted by Crippen LogP contribution is -2.37. The molecule has 1 atom stereocenters. The number of aromatic nitrogens is 2. The number of aliphatic hydroxyl groups is 1. The molecule has 7 heteroatoms. The summed E-state index contributed by atoms with van der Waals surface area (Å²) < 4.78 is 18.4. The van der Waals surface area contributed by atoms with E-state index in [9.17, 15) is 9.18 Å². The molecule has 0 fully saturated rings. The predicted molar refractivity (Wildman–Crippen MR) is 78.0 cm³/mol. The molecule has 0 aliphatic heterocycles. The Labute approximate surface area is 127 Å². The van der Waals surface area contributed by atoms with Crippen LogP contribution in [0.15, 0.2) is 30.3 Å². The number of amides is 1. The second-order valence-electron chi connectivity index (χ2n) is 4.79. The normalized spacial score (nSPS) is 12.0. The average Bonchev–Trinajstić information content (AvgIpc) is 2.99. The van der Waals surface area contributed by atoms with Gasteiger partial charge in [-0.1, -0.05) is 13.0 Å². The number of nitrogens with one attached hydrogen (secondary N) is 2. The maximum absolute atomic E-state index is 13.0. The number of rotatable bonds is 7. The molecule has 1 heterocycles. The minimum atomic E-state index is -0.378. The molecular weight excluding hydrogens is 289 g/mol. The first-order valence-electron chi connectivity index (χ1n) is 6.96. The van der Waals surface area contributed by atoms with E-state index in [1.54, 1.807) is 18.2 Å². The molecule has 0 saturated heterocycles. The van der Waals surface area contributed by atoms with Gasteiger partial charge in [0.15, 0.2) is 0 Å². The van der Waals surface area contributed by atoms with Gasteiger partial charge < -0.3 is 15.2 Å². The van der Waals surface area contributed by atoms with Gasteiger partial charge >= 0.3 is 0 Å². The maximum atomic E-state index is 13.0. The van der Waals surface area contributed by atoms with E-state index >= 15 is 0 Å². The minimum absolute atomic E-state index is 0.123. The zero-order chi connectivity index (χ0) is 15.9. The highest BCUT2D eigenvalue weighted by Gasteiger charge is 2.14. The van der Waals surface area contributed by atoms with Crippen LogP contribution in [0.5, 0.6) is 5.75 Å². The monoisotopic (exact) mass is 307 g/mol. The molecule has 118 valence electrons. The van der Waals surface area contributed by atoms with Gasteiger partial charge in [-0.15, -0.1) is 0 Å². The van der Waals surface area contributed by atoms with E-state index in [2.05, 4.69) is 15.5 Å². The van der Waals surface area contributed by atoms with Crippen LogP contribution in [0.3, 0.4) is 0 Å². The Hall–Kier alpha value is -2.41. The minimum Gasteiger partial charge on any atom is -0.487 e. The summed E-state index contributed by atoms with van der Waals surface area (Å²) >= 11 is 0. The number of ether oxygens (including phenoxy) is 1. The third-order valence-electron chi connectivity index (χ3n) is 3.10. The van der Waals surface area contributed by atoms with E-state index in [0.717, 1.165) is 0 Å². The molecule has 6 nitrogen and oxygen atoms in total. The van der Waals surface area contributed by atoms with Crippen molar-refractivity contribution in [1.82, 2.24) is 15.5 Å². The summed E-state index contributed by atoms with van der Waals surface area (Å²) in [5, 5.41) is 18.3. The highest BCUT2D eigenvalue weighted by atomic mass is 19.1. The Morgan fingerprint density at radius 2 is 2.32 bits per heavy atom. The summed E-state index contributed by atoms with van der Waals surface area (Å²) in [4.78, 5) is 11.9. The van der Waals surface area contributed by atoms with E-state index in [-0.39, 0.29) is 36.7 Å². The Morgan fingerprint density at radius 1 is 1.50 bits per heavy atom. The van der Waals surface area contributed by atoms with Crippen molar-refractivity contribution in [2.45, 2.75) is 26.0 Å². The average molecular weight is 307 g/mol. The lowest BCUT2D eigenvalue weighted by atomic mass is 10.2. The molecule has 0 radical (unpaired) electrons. The fourth-order valence-electron chi connectivity index (χ4n) is 1.81. The molecule has 2 aromatic rings. The zero-order valence-corrected chi connectivity index (χ0v) is 12.2. The number of aliphatic hydroxyl groups excluding tert-OH is 1. The quantitative estimate of drug-likeness (QED) is 0.725. The first-order chi connectivity index (χ1) is 10.6. The number of carbonyl (C=O) groups excluding carboxylic acids is 1. The Bertz CT molecular complexity index is 626. The number of hydrogen-bond donors (Lipinski definition) is 3. The van der Waals surface area contributed by atoms with Gasteiger partial charge in [0.05, 0.1) is 18.3 Å². The van der Waals surface area contributed by atoms with Gasteiger partial charge in [0, 0.05) is 6.07 Å². The molecule has 1 amide bonds. The number of H-pyrrole nitrogens is 1. The molecule has 0 aliphatic rings. The van der Waals surface area contributed by atoms with E-state index in [1.807, 2.05) is 6.92 Å². The van der Waals surface area contributed by atoms with Crippen LogP contribution in [0.2, 0.25) is 0 Å². The van der Waals surface area contributed by atoms with Crippen molar-refractivity contribution in [3.8, 4) is 5.75 Å². The topological polar surface area (TPSA) is 87.2 Å². The highest BCUT2D eigenvalue weighted by Crippen LogP contribution is 2.13. The fraction of sp³-hybridized carbons (Fsp3) is 0.333. The predicted octanol–water partition coefficient (Wildman–Crippen LogP) is 1.63. The first kappa shape index (κ1) is 16.0. The van der Waals surface area contributed by atoms with Crippen molar-refractivity contribution in [3.05, 3.63) is 47.5 Å². The Balaban J connectivity index is 1.92. The smallest absolute Gasteiger partial charge is 0.272 e. The molecule has 0 unspecified atom stereocenters. The number of benzene rings is 1. The molecule has 0 saturated carbocycles. The van der Waals surface area contributed by atoms with Gasteiger partial charge in [-0.25, -0.2) is 4.39 Å². The molecule has 0 spiro atoms. The number of carbonyl (C=O) groups is 1. The van der Waals surface area contributed by atoms with Crippen LogP contribution in [-0.4, -0.2) is 33.9 Å². The van der Waals surface area contributed by atoms with E-state index < -0.39 is 0 Å². The Morgan fingerprint density at radius 3 is 3.00 bits per heavy atom. The lowest BCUT2D eigenvalue weighted by molar-refractivity contribution is 0.0910. The fourth-order valence-corrected chi connectivity index (χ4v) is 1.81. The number of halogens is 1.